The van der Waals surface area contributed by atoms with E-state index in [1.165, 1.54) is 0 Å². The maximum absolute atomic E-state index is 12.5. The van der Waals surface area contributed by atoms with Crippen molar-refractivity contribution in [3.63, 3.8) is 0 Å². The summed E-state index contributed by atoms with van der Waals surface area (Å²) in [6.07, 6.45) is 0.469. The fourth-order valence-corrected chi connectivity index (χ4v) is 3.94. The third kappa shape index (κ3) is 3.70. The molecule has 0 spiro atoms. The van der Waals surface area contributed by atoms with E-state index in [0.29, 0.717) is 6.42 Å². The molecule has 1 aromatic heterocycles. The van der Waals surface area contributed by atoms with Crippen molar-refractivity contribution >= 4 is 22.9 Å². The van der Waals surface area contributed by atoms with Gasteiger partial charge in [0.2, 0.25) is 5.91 Å². The lowest BCUT2D eigenvalue weighted by Crippen LogP contribution is -2.49. The van der Waals surface area contributed by atoms with E-state index in [1.807, 2.05) is 36.9 Å². The third-order valence-electron chi connectivity index (χ3n) is 4.36. The highest BCUT2D eigenvalue weighted by molar-refractivity contribution is 7.11. The number of aromatic nitrogens is 1. The summed E-state index contributed by atoms with van der Waals surface area (Å²) in [5, 5.41) is 1.03. The normalized spacial score (nSPS) is 14.8. The van der Waals surface area contributed by atoms with Gasteiger partial charge in [0.25, 0.3) is 0 Å². The number of aryl methyl sites for hydroxylation is 2. The Morgan fingerprint density at radius 3 is 2.62 bits per heavy atom. The molecule has 3 rings (SSSR count). The Kier molecular flexibility index (Phi) is 5.04. The predicted molar refractivity (Wildman–Crippen MR) is 97.1 cm³/mol. The van der Waals surface area contributed by atoms with Crippen LogP contribution in [0.3, 0.4) is 0 Å². The lowest BCUT2D eigenvalue weighted by molar-refractivity contribution is -0.130. The Morgan fingerprint density at radius 2 is 2.00 bits per heavy atom. The number of hydrogen-bond acceptors (Lipinski definition) is 5. The number of hydrogen-bond donors (Lipinski definition) is 0. The molecule has 128 valence electrons. The zero-order valence-corrected chi connectivity index (χ0v) is 15.2. The molecule has 24 heavy (non-hydrogen) atoms. The van der Waals surface area contributed by atoms with Crippen LogP contribution >= 0.6 is 11.3 Å². The minimum absolute atomic E-state index is 0.201. The molecule has 0 unspecified atom stereocenters. The Labute approximate surface area is 146 Å². The second-order valence-corrected chi connectivity index (χ2v) is 7.28. The number of carbonyl (C=O) groups excluding carboxylic acids is 1. The van der Waals surface area contributed by atoms with Crippen molar-refractivity contribution < 1.29 is 9.53 Å². The molecule has 0 radical (unpaired) electrons. The SMILES string of the molecule is COc1cccc(N2CCN(C(=O)Cc3sc(C)nc3C)CC2)c1. The standard InChI is InChI=1S/C18H23N3O2S/c1-13-17(24-14(2)19-13)12-18(22)21-9-7-20(8-10-21)15-5-4-6-16(11-15)23-3/h4-6,11H,7-10,12H2,1-3H3. The summed E-state index contributed by atoms with van der Waals surface area (Å²) in [6, 6.07) is 8.08. The van der Waals surface area contributed by atoms with E-state index in [1.54, 1.807) is 18.4 Å². The monoisotopic (exact) mass is 345 g/mol. The van der Waals surface area contributed by atoms with Crippen LogP contribution in [0.25, 0.3) is 0 Å². The molecule has 2 aromatic rings. The molecule has 0 N–H and O–H groups in total. The average Bonchev–Trinajstić information content (AvgIpc) is 2.92. The van der Waals surface area contributed by atoms with E-state index >= 15 is 0 Å². The molecule has 0 atom stereocenters. The lowest BCUT2D eigenvalue weighted by atomic mass is 10.2. The van der Waals surface area contributed by atoms with Crippen molar-refractivity contribution in [2.45, 2.75) is 20.3 Å². The summed E-state index contributed by atoms with van der Waals surface area (Å²) in [5.41, 5.74) is 2.14. The van der Waals surface area contributed by atoms with Crippen molar-refractivity contribution in [3.8, 4) is 5.75 Å². The average molecular weight is 345 g/mol. The van der Waals surface area contributed by atoms with Crippen molar-refractivity contribution in [1.29, 1.82) is 0 Å². The van der Waals surface area contributed by atoms with E-state index in [0.717, 1.165) is 53.2 Å². The minimum atomic E-state index is 0.201. The molecule has 1 fully saturated rings. The number of nitrogens with zero attached hydrogens (tertiary/aromatic N) is 3. The lowest BCUT2D eigenvalue weighted by Gasteiger charge is -2.36. The zero-order chi connectivity index (χ0) is 17.1. The number of thiazole rings is 1. The van der Waals surface area contributed by atoms with Gasteiger partial charge >= 0.3 is 0 Å². The fourth-order valence-electron chi connectivity index (χ4n) is 3.01. The van der Waals surface area contributed by atoms with Gasteiger partial charge < -0.3 is 14.5 Å². The molecule has 6 heteroatoms. The van der Waals surface area contributed by atoms with E-state index in [2.05, 4.69) is 16.0 Å². The number of methoxy groups -OCH3 is 1. The van der Waals surface area contributed by atoms with Crippen molar-refractivity contribution in [3.05, 3.63) is 39.8 Å². The first-order chi connectivity index (χ1) is 11.6. The molecule has 1 saturated heterocycles. The smallest absolute Gasteiger partial charge is 0.228 e. The molecular formula is C18H23N3O2S. The highest BCUT2D eigenvalue weighted by Gasteiger charge is 2.22. The number of benzene rings is 1. The van der Waals surface area contributed by atoms with Gasteiger partial charge in [0, 0.05) is 42.8 Å². The van der Waals surface area contributed by atoms with E-state index in [-0.39, 0.29) is 5.91 Å². The molecule has 2 heterocycles. The largest absolute Gasteiger partial charge is 0.497 e. The maximum atomic E-state index is 12.5. The zero-order valence-electron chi connectivity index (χ0n) is 14.4. The maximum Gasteiger partial charge on any atom is 0.228 e. The van der Waals surface area contributed by atoms with Crippen LogP contribution in [0.1, 0.15) is 15.6 Å². The van der Waals surface area contributed by atoms with Gasteiger partial charge in [-0.2, -0.15) is 0 Å². The molecule has 1 aliphatic heterocycles. The quantitative estimate of drug-likeness (QED) is 0.855. The van der Waals surface area contributed by atoms with Crippen LogP contribution < -0.4 is 9.64 Å². The first-order valence-electron chi connectivity index (χ1n) is 8.16. The van der Waals surface area contributed by atoms with E-state index < -0.39 is 0 Å². The molecule has 1 aromatic carbocycles. The Morgan fingerprint density at radius 1 is 1.25 bits per heavy atom. The highest BCUT2D eigenvalue weighted by Crippen LogP contribution is 2.23. The molecule has 0 bridgehead atoms. The van der Waals surface area contributed by atoms with Crippen molar-refractivity contribution in [2.75, 3.05) is 38.2 Å². The number of anilines is 1. The van der Waals surface area contributed by atoms with Gasteiger partial charge in [0.05, 0.1) is 24.2 Å². The van der Waals surface area contributed by atoms with Crippen LogP contribution in [-0.4, -0.2) is 49.1 Å². The number of piperazine rings is 1. The van der Waals surface area contributed by atoms with Crippen molar-refractivity contribution in [1.82, 2.24) is 9.88 Å². The number of rotatable bonds is 4. The summed E-state index contributed by atoms with van der Waals surface area (Å²) in [7, 11) is 1.68. The second-order valence-electron chi connectivity index (χ2n) is 5.99. The molecule has 0 saturated carbocycles. The van der Waals surface area contributed by atoms with Gasteiger partial charge in [-0.25, -0.2) is 4.98 Å². The highest BCUT2D eigenvalue weighted by atomic mass is 32.1. The third-order valence-corrected chi connectivity index (χ3v) is 5.44. The molecule has 1 amide bonds. The second kappa shape index (κ2) is 7.21. The first kappa shape index (κ1) is 16.8. The van der Waals surface area contributed by atoms with Gasteiger partial charge in [-0.3, -0.25) is 4.79 Å². The Bertz CT molecular complexity index is 721. The minimum Gasteiger partial charge on any atom is -0.497 e. The summed E-state index contributed by atoms with van der Waals surface area (Å²) < 4.78 is 5.29. The van der Waals surface area contributed by atoms with Crippen LogP contribution in [-0.2, 0) is 11.2 Å². The molecule has 0 aliphatic carbocycles. The fraction of sp³-hybridized carbons (Fsp3) is 0.444. The summed E-state index contributed by atoms with van der Waals surface area (Å²) in [5.74, 6) is 1.06. The van der Waals surface area contributed by atoms with E-state index in [9.17, 15) is 4.79 Å². The van der Waals surface area contributed by atoms with Gasteiger partial charge in [-0.1, -0.05) is 6.07 Å². The molecule has 5 nitrogen and oxygen atoms in total. The number of ether oxygens (including phenoxy) is 1. The van der Waals surface area contributed by atoms with E-state index in [4.69, 9.17) is 4.74 Å². The van der Waals surface area contributed by atoms with Crippen LogP contribution in [0.4, 0.5) is 5.69 Å². The molecular weight excluding hydrogens is 322 g/mol. The molecule has 1 aliphatic rings. The van der Waals surface area contributed by atoms with Gasteiger partial charge in [-0.15, -0.1) is 11.3 Å². The Hall–Kier alpha value is -2.08. The van der Waals surface area contributed by atoms with Crippen LogP contribution in [0, 0.1) is 13.8 Å². The number of amides is 1. The Balaban J connectivity index is 1.58. The number of carbonyl (C=O) groups is 1. The van der Waals surface area contributed by atoms with Gasteiger partial charge in [-0.05, 0) is 26.0 Å². The topological polar surface area (TPSA) is 45.7 Å². The van der Waals surface area contributed by atoms with Crippen molar-refractivity contribution in [2.24, 2.45) is 0 Å². The van der Waals surface area contributed by atoms with Crippen LogP contribution in [0.2, 0.25) is 0 Å². The van der Waals surface area contributed by atoms with Gasteiger partial charge in [0.15, 0.2) is 0 Å². The summed E-state index contributed by atoms with van der Waals surface area (Å²) in [4.78, 5) is 22.3. The first-order valence-corrected chi connectivity index (χ1v) is 8.98. The summed E-state index contributed by atoms with van der Waals surface area (Å²) in [6.45, 7) is 7.17. The predicted octanol–water partition coefficient (Wildman–Crippen LogP) is 2.66. The van der Waals surface area contributed by atoms with Crippen LogP contribution in [0.15, 0.2) is 24.3 Å². The van der Waals surface area contributed by atoms with Gasteiger partial charge in [0.1, 0.15) is 5.75 Å². The van der Waals surface area contributed by atoms with Crippen LogP contribution in [0.5, 0.6) is 5.75 Å². The summed E-state index contributed by atoms with van der Waals surface area (Å²) >= 11 is 1.63.